The lowest BCUT2D eigenvalue weighted by atomic mass is 9.80. The van der Waals surface area contributed by atoms with Crippen LogP contribution in [0.4, 0.5) is 10.5 Å². The predicted molar refractivity (Wildman–Crippen MR) is 111 cm³/mol. The van der Waals surface area contributed by atoms with E-state index in [0.717, 1.165) is 17.8 Å². The molecule has 0 spiro atoms. The van der Waals surface area contributed by atoms with Gasteiger partial charge in [0.05, 0.1) is 11.8 Å². The van der Waals surface area contributed by atoms with E-state index in [2.05, 4.69) is 20.4 Å². The summed E-state index contributed by atoms with van der Waals surface area (Å²) >= 11 is 0. The molecule has 8 heteroatoms. The van der Waals surface area contributed by atoms with Crippen LogP contribution in [0.2, 0.25) is 0 Å². The number of fused-ring (bicyclic) bond motifs is 1. The number of benzene rings is 1. The zero-order chi connectivity index (χ0) is 20.6. The number of carbonyl (C=O) groups excluding carboxylic acids is 2. The molecule has 2 fully saturated rings. The van der Waals surface area contributed by atoms with Crippen LogP contribution in [-0.2, 0) is 0 Å². The van der Waals surface area contributed by atoms with Crippen molar-refractivity contribution in [1.29, 1.82) is 0 Å². The van der Waals surface area contributed by atoms with Crippen LogP contribution in [0.5, 0.6) is 0 Å². The highest BCUT2D eigenvalue weighted by Crippen LogP contribution is 2.43. The highest BCUT2D eigenvalue weighted by molar-refractivity contribution is 5.94. The Morgan fingerprint density at radius 3 is 2.55 bits per heavy atom. The SMILES string of the molecule is Cc1ccc(NC(=O)N2CC3CN(C(=O)c4cn[nH]c4)CC3(CN(C)C)C2)cc1. The summed E-state index contributed by atoms with van der Waals surface area (Å²) in [6, 6.07) is 7.74. The molecule has 2 aromatic rings. The molecule has 29 heavy (non-hydrogen) atoms. The van der Waals surface area contributed by atoms with Crippen LogP contribution in [0.1, 0.15) is 15.9 Å². The Morgan fingerprint density at radius 2 is 1.90 bits per heavy atom. The average molecular weight is 396 g/mol. The zero-order valence-electron chi connectivity index (χ0n) is 17.2. The molecular formula is C21H28N6O2. The second-order valence-corrected chi connectivity index (χ2v) is 8.65. The number of H-pyrrole nitrogens is 1. The number of rotatable bonds is 4. The van der Waals surface area contributed by atoms with Gasteiger partial charge in [0, 0.05) is 55.9 Å². The Morgan fingerprint density at radius 1 is 1.21 bits per heavy atom. The molecule has 1 aromatic heterocycles. The summed E-state index contributed by atoms with van der Waals surface area (Å²) in [5, 5.41) is 9.61. The Labute approximate surface area is 170 Å². The van der Waals surface area contributed by atoms with Gasteiger partial charge in [-0.15, -0.1) is 0 Å². The molecule has 154 valence electrons. The molecule has 0 bridgehead atoms. The first-order valence-corrected chi connectivity index (χ1v) is 9.92. The molecule has 2 atom stereocenters. The van der Waals surface area contributed by atoms with E-state index in [4.69, 9.17) is 0 Å². The number of aryl methyl sites for hydroxylation is 1. The van der Waals surface area contributed by atoms with Crippen molar-refractivity contribution < 1.29 is 9.59 Å². The van der Waals surface area contributed by atoms with Crippen molar-refractivity contribution in [1.82, 2.24) is 24.9 Å². The van der Waals surface area contributed by atoms with Gasteiger partial charge in [0.25, 0.3) is 5.91 Å². The molecule has 0 saturated carbocycles. The number of aromatic nitrogens is 2. The second kappa shape index (κ2) is 7.51. The fourth-order valence-corrected chi connectivity index (χ4v) is 4.73. The first-order valence-electron chi connectivity index (χ1n) is 9.92. The van der Waals surface area contributed by atoms with Gasteiger partial charge >= 0.3 is 6.03 Å². The number of aromatic amines is 1. The minimum Gasteiger partial charge on any atom is -0.337 e. The van der Waals surface area contributed by atoms with Crippen LogP contribution in [0.25, 0.3) is 0 Å². The molecule has 2 N–H and O–H groups in total. The number of carbonyl (C=O) groups is 2. The van der Waals surface area contributed by atoms with E-state index in [0.29, 0.717) is 31.7 Å². The fraction of sp³-hybridized carbons (Fsp3) is 0.476. The van der Waals surface area contributed by atoms with Gasteiger partial charge < -0.3 is 20.0 Å². The monoisotopic (exact) mass is 396 g/mol. The van der Waals surface area contributed by atoms with Gasteiger partial charge in [-0.3, -0.25) is 9.89 Å². The number of anilines is 1. The molecule has 2 saturated heterocycles. The minimum absolute atomic E-state index is 0.00179. The number of amides is 3. The molecule has 2 aliphatic heterocycles. The first kappa shape index (κ1) is 19.4. The summed E-state index contributed by atoms with van der Waals surface area (Å²) in [7, 11) is 4.09. The van der Waals surface area contributed by atoms with Gasteiger partial charge in [-0.25, -0.2) is 4.79 Å². The lowest BCUT2D eigenvalue weighted by Gasteiger charge is -2.32. The lowest BCUT2D eigenvalue weighted by Crippen LogP contribution is -2.44. The van der Waals surface area contributed by atoms with Crippen molar-refractivity contribution in [2.24, 2.45) is 11.3 Å². The van der Waals surface area contributed by atoms with Gasteiger partial charge in [0.1, 0.15) is 0 Å². The van der Waals surface area contributed by atoms with Crippen molar-refractivity contribution in [3.8, 4) is 0 Å². The molecule has 0 aliphatic carbocycles. The van der Waals surface area contributed by atoms with Crippen LogP contribution in [-0.4, -0.2) is 83.7 Å². The van der Waals surface area contributed by atoms with Crippen LogP contribution < -0.4 is 5.32 Å². The van der Waals surface area contributed by atoms with E-state index >= 15 is 0 Å². The molecular weight excluding hydrogens is 368 g/mol. The minimum atomic E-state index is -0.118. The molecule has 2 unspecified atom stereocenters. The van der Waals surface area contributed by atoms with E-state index in [1.165, 1.54) is 0 Å². The molecule has 3 heterocycles. The molecule has 1 aromatic carbocycles. The zero-order valence-corrected chi connectivity index (χ0v) is 17.2. The smallest absolute Gasteiger partial charge is 0.321 e. The Balaban J connectivity index is 1.47. The molecule has 3 amide bonds. The van der Waals surface area contributed by atoms with Crippen molar-refractivity contribution in [3.63, 3.8) is 0 Å². The predicted octanol–water partition coefficient (Wildman–Crippen LogP) is 1.89. The number of likely N-dealkylation sites (tertiary alicyclic amines) is 2. The quantitative estimate of drug-likeness (QED) is 0.827. The molecule has 4 rings (SSSR count). The fourth-order valence-electron chi connectivity index (χ4n) is 4.73. The van der Waals surface area contributed by atoms with Gasteiger partial charge in [0.15, 0.2) is 0 Å². The molecule has 8 nitrogen and oxygen atoms in total. The van der Waals surface area contributed by atoms with Crippen molar-refractivity contribution >= 4 is 17.6 Å². The summed E-state index contributed by atoms with van der Waals surface area (Å²) in [5.74, 6) is 0.256. The topological polar surface area (TPSA) is 84.6 Å². The summed E-state index contributed by atoms with van der Waals surface area (Å²) in [6.45, 7) is 5.46. The van der Waals surface area contributed by atoms with Crippen molar-refractivity contribution in [2.45, 2.75) is 6.92 Å². The Hall–Kier alpha value is -2.87. The summed E-state index contributed by atoms with van der Waals surface area (Å²) in [4.78, 5) is 31.6. The third kappa shape index (κ3) is 3.85. The maximum Gasteiger partial charge on any atom is 0.321 e. The van der Waals surface area contributed by atoms with Gasteiger partial charge in [0.2, 0.25) is 0 Å². The number of nitrogens with one attached hydrogen (secondary N) is 2. The first-order chi connectivity index (χ1) is 13.9. The van der Waals surface area contributed by atoms with E-state index in [1.807, 2.05) is 55.1 Å². The summed E-state index contributed by atoms with van der Waals surface area (Å²) in [6.07, 6.45) is 3.20. The van der Waals surface area contributed by atoms with Crippen LogP contribution in [0.15, 0.2) is 36.7 Å². The average Bonchev–Trinajstić information content (AvgIpc) is 3.37. The third-order valence-corrected chi connectivity index (χ3v) is 6.01. The molecule has 2 aliphatic rings. The number of hydrogen-bond donors (Lipinski definition) is 2. The highest BCUT2D eigenvalue weighted by atomic mass is 16.2. The van der Waals surface area contributed by atoms with Gasteiger partial charge in [-0.1, -0.05) is 17.7 Å². The summed E-state index contributed by atoms with van der Waals surface area (Å²) < 4.78 is 0. The maximum absolute atomic E-state index is 12.9. The Kier molecular flexibility index (Phi) is 5.04. The van der Waals surface area contributed by atoms with Gasteiger partial charge in [-0.05, 0) is 33.2 Å². The maximum atomic E-state index is 12.9. The van der Waals surface area contributed by atoms with E-state index < -0.39 is 0 Å². The highest BCUT2D eigenvalue weighted by Gasteiger charge is 2.54. The number of hydrogen-bond acceptors (Lipinski definition) is 4. The van der Waals surface area contributed by atoms with Crippen LogP contribution in [0, 0.1) is 18.3 Å². The van der Waals surface area contributed by atoms with Gasteiger partial charge in [-0.2, -0.15) is 5.10 Å². The lowest BCUT2D eigenvalue weighted by molar-refractivity contribution is 0.0755. The number of nitrogens with zero attached hydrogens (tertiary/aromatic N) is 4. The second-order valence-electron chi connectivity index (χ2n) is 8.65. The summed E-state index contributed by atoms with van der Waals surface area (Å²) in [5.41, 5.74) is 2.43. The van der Waals surface area contributed by atoms with Crippen molar-refractivity contribution in [3.05, 3.63) is 47.8 Å². The Bertz CT molecular complexity index is 879. The standard InChI is InChI=1S/C21H28N6O2/c1-15-4-6-18(7-5-15)24-20(29)27-11-17-10-26(19(28)16-8-22-23-9-16)13-21(17,14-27)12-25(2)3/h4-9,17H,10-14H2,1-3H3,(H,22,23)(H,24,29). The van der Waals surface area contributed by atoms with E-state index in [-0.39, 0.29) is 23.3 Å². The van der Waals surface area contributed by atoms with Crippen molar-refractivity contribution in [2.75, 3.05) is 52.1 Å². The van der Waals surface area contributed by atoms with E-state index in [1.54, 1.807) is 12.4 Å². The number of urea groups is 1. The van der Waals surface area contributed by atoms with E-state index in [9.17, 15) is 9.59 Å². The van der Waals surface area contributed by atoms with Crippen LogP contribution >= 0.6 is 0 Å². The van der Waals surface area contributed by atoms with Crippen LogP contribution in [0.3, 0.4) is 0 Å². The largest absolute Gasteiger partial charge is 0.337 e. The normalized spacial score (nSPS) is 23.5. The molecule has 0 radical (unpaired) electrons. The third-order valence-electron chi connectivity index (χ3n) is 6.01.